The molecule has 0 aliphatic rings. The average Bonchev–Trinajstić information content (AvgIpc) is 3.00. The standard InChI is InChI=1S/C14H18IN5O3/c1-9-6-20(8-17-9)11-5-4-10(18-14(11)22-3)13(16)19-23-7-12(15)21-2/h4-6,8,12H,7H2,1-3H3,(H2,16,19). The number of hydrogen-bond donors (Lipinski definition) is 1. The number of rotatable bonds is 7. The molecule has 0 saturated heterocycles. The van der Waals surface area contributed by atoms with Gasteiger partial charge in [0, 0.05) is 13.3 Å². The Morgan fingerprint density at radius 3 is 2.83 bits per heavy atom. The number of pyridine rings is 1. The highest BCUT2D eigenvalue weighted by atomic mass is 127. The molecule has 0 amide bonds. The number of halogens is 1. The van der Waals surface area contributed by atoms with Gasteiger partial charge in [-0.05, 0) is 41.6 Å². The van der Waals surface area contributed by atoms with Crippen LogP contribution in [-0.2, 0) is 9.57 Å². The number of oxime groups is 1. The van der Waals surface area contributed by atoms with Gasteiger partial charge in [-0.3, -0.25) is 0 Å². The van der Waals surface area contributed by atoms with Gasteiger partial charge in [-0.25, -0.2) is 9.97 Å². The van der Waals surface area contributed by atoms with Crippen molar-refractivity contribution < 1.29 is 14.3 Å². The number of ether oxygens (including phenoxy) is 2. The first-order valence-corrected chi connectivity index (χ1v) is 7.98. The zero-order valence-corrected chi connectivity index (χ0v) is 15.2. The Hall–Kier alpha value is -1.88. The molecule has 2 aromatic heterocycles. The second-order valence-corrected chi connectivity index (χ2v) is 5.95. The monoisotopic (exact) mass is 431 g/mol. The van der Waals surface area contributed by atoms with Crippen molar-refractivity contribution in [1.29, 1.82) is 0 Å². The largest absolute Gasteiger partial charge is 0.479 e. The Balaban J connectivity index is 2.19. The second-order valence-electron chi connectivity index (χ2n) is 4.57. The van der Waals surface area contributed by atoms with Crippen molar-refractivity contribution in [1.82, 2.24) is 14.5 Å². The quantitative estimate of drug-likeness (QED) is 0.235. The number of methoxy groups -OCH3 is 2. The minimum absolute atomic E-state index is 0.0986. The first-order valence-electron chi connectivity index (χ1n) is 6.73. The Kier molecular flexibility index (Phi) is 6.16. The summed E-state index contributed by atoms with van der Waals surface area (Å²) in [7, 11) is 3.14. The van der Waals surface area contributed by atoms with E-state index in [1.165, 1.54) is 0 Å². The summed E-state index contributed by atoms with van der Waals surface area (Å²) in [4.78, 5) is 13.7. The summed E-state index contributed by atoms with van der Waals surface area (Å²) in [5.74, 6) is 0.582. The van der Waals surface area contributed by atoms with Crippen molar-refractivity contribution in [3.8, 4) is 11.6 Å². The Labute approximate surface area is 147 Å². The van der Waals surface area contributed by atoms with E-state index in [9.17, 15) is 0 Å². The Morgan fingerprint density at radius 2 is 2.22 bits per heavy atom. The highest BCUT2D eigenvalue weighted by Gasteiger charge is 2.11. The summed E-state index contributed by atoms with van der Waals surface area (Å²) in [5.41, 5.74) is 8.01. The second kappa shape index (κ2) is 8.11. The van der Waals surface area contributed by atoms with Gasteiger partial charge in [0.05, 0.1) is 19.1 Å². The van der Waals surface area contributed by atoms with Gasteiger partial charge >= 0.3 is 0 Å². The molecule has 0 aliphatic carbocycles. The molecule has 1 unspecified atom stereocenters. The van der Waals surface area contributed by atoms with Gasteiger partial charge in [0.25, 0.3) is 0 Å². The van der Waals surface area contributed by atoms with E-state index in [-0.39, 0.29) is 9.95 Å². The summed E-state index contributed by atoms with van der Waals surface area (Å²) in [5, 5.41) is 3.84. The van der Waals surface area contributed by atoms with Crippen LogP contribution in [-0.4, -0.2) is 45.3 Å². The number of alkyl halides is 1. The number of nitrogens with two attached hydrogens (primary N) is 1. The normalized spacial score (nSPS) is 13.0. The number of aryl methyl sites for hydroxylation is 1. The van der Waals surface area contributed by atoms with Crippen molar-refractivity contribution in [3.63, 3.8) is 0 Å². The molecule has 1 atom stereocenters. The summed E-state index contributed by atoms with van der Waals surface area (Å²) >= 11 is 2.09. The van der Waals surface area contributed by atoms with Crippen molar-refractivity contribution >= 4 is 28.4 Å². The van der Waals surface area contributed by atoms with Crippen LogP contribution in [0.5, 0.6) is 5.88 Å². The topological polar surface area (TPSA) is 96.8 Å². The fourth-order valence-electron chi connectivity index (χ4n) is 1.76. The molecule has 0 fully saturated rings. The van der Waals surface area contributed by atoms with Gasteiger partial charge in [0.15, 0.2) is 12.4 Å². The summed E-state index contributed by atoms with van der Waals surface area (Å²) < 4.78 is 12.1. The zero-order chi connectivity index (χ0) is 16.8. The fourth-order valence-corrected chi connectivity index (χ4v) is 1.92. The van der Waals surface area contributed by atoms with E-state index in [0.29, 0.717) is 18.2 Å². The number of nitrogens with zero attached hydrogens (tertiary/aromatic N) is 4. The molecule has 124 valence electrons. The molecule has 8 nitrogen and oxygen atoms in total. The van der Waals surface area contributed by atoms with Crippen molar-refractivity contribution in [2.45, 2.75) is 11.0 Å². The van der Waals surface area contributed by atoms with E-state index in [1.54, 1.807) is 26.6 Å². The molecule has 0 bridgehead atoms. The lowest BCUT2D eigenvalue weighted by Gasteiger charge is -2.10. The van der Waals surface area contributed by atoms with Gasteiger partial charge in [-0.15, -0.1) is 0 Å². The van der Waals surface area contributed by atoms with Crippen molar-refractivity contribution in [2.24, 2.45) is 10.9 Å². The van der Waals surface area contributed by atoms with Gasteiger partial charge in [0.1, 0.15) is 15.5 Å². The summed E-state index contributed by atoms with van der Waals surface area (Å²) in [6, 6.07) is 3.58. The third kappa shape index (κ3) is 4.55. The Bertz CT molecular complexity index is 689. The molecule has 0 spiro atoms. The molecule has 2 N–H and O–H groups in total. The molecule has 2 aromatic rings. The van der Waals surface area contributed by atoms with Crippen LogP contribution in [0.25, 0.3) is 5.69 Å². The third-order valence-electron chi connectivity index (χ3n) is 2.91. The van der Waals surface area contributed by atoms with Crippen LogP contribution in [0.4, 0.5) is 0 Å². The molecule has 0 aliphatic heterocycles. The fraction of sp³-hybridized carbons (Fsp3) is 0.357. The smallest absolute Gasteiger partial charge is 0.238 e. The highest BCUT2D eigenvalue weighted by Crippen LogP contribution is 2.21. The molecule has 0 radical (unpaired) electrons. The van der Waals surface area contributed by atoms with Gasteiger partial charge in [0.2, 0.25) is 5.88 Å². The molecule has 0 aromatic carbocycles. The number of aromatic nitrogens is 3. The van der Waals surface area contributed by atoms with Gasteiger partial charge in [-0.2, -0.15) is 0 Å². The van der Waals surface area contributed by atoms with Crippen LogP contribution >= 0.6 is 22.6 Å². The predicted octanol–water partition coefficient (Wildman–Crippen LogP) is 1.63. The Morgan fingerprint density at radius 1 is 1.43 bits per heavy atom. The third-order valence-corrected chi connectivity index (χ3v) is 3.78. The minimum Gasteiger partial charge on any atom is -0.479 e. The van der Waals surface area contributed by atoms with Crippen LogP contribution in [0.15, 0.2) is 29.8 Å². The highest BCUT2D eigenvalue weighted by molar-refractivity contribution is 14.1. The van der Waals surface area contributed by atoms with Gasteiger partial charge in [-0.1, -0.05) is 5.16 Å². The van der Waals surface area contributed by atoms with Crippen LogP contribution in [0.3, 0.4) is 0 Å². The molecular formula is C14H18IN5O3. The summed E-state index contributed by atoms with van der Waals surface area (Å²) in [6.45, 7) is 2.20. The van der Waals surface area contributed by atoms with E-state index in [4.69, 9.17) is 20.0 Å². The molecule has 23 heavy (non-hydrogen) atoms. The lowest BCUT2D eigenvalue weighted by atomic mass is 10.3. The van der Waals surface area contributed by atoms with Crippen LogP contribution in [0, 0.1) is 6.92 Å². The lowest BCUT2D eigenvalue weighted by molar-refractivity contribution is 0.0649. The van der Waals surface area contributed by atoms with Crippen molar-refractivity contribution in [3.05, 3.63) is 36.0 Å². The lowest BCUT2D eigenvalue weighted by Crippen LogP contribution is -2.18. The van der Waals surface area contributed by atoms with Gasteiger partial charge < -0.3 is 24.6 Å². The first-order chi connectivity index (χ1) is 11.0. The number of imidazole rings is 1. The molecule has 2 rings (SSSR count). The molecular weight excluding hydrogens is 413 g/mol. The SMILES string of the molecule is COc1nc(/C(N)=N/OCC(I)OC)ccc1-n1cnc(C)c1. The van der Waals surface area contributed by atoms with Crippen LogP contribution in [0.2, 0.25) is 0 Å². The van der Waals surface area contributed by atoms with E-state index in [0.717, 1.165) is 11.4 Å². The molecule has 2 heterocycles. The maximum Gasteiger partial charge on any atom is 0.238 e. The molecule has 9 heteroatoms. The van der Waals surface area contributed by atoms with Crippen molar-refractivity contribution in [2.75, 3.05) is 20.8 Å². The zero-order valence-electron chi connectivity index (χ0n) is 13.1. The summed E-state index contributed by atoms with van der Waals surface area (Å²) in [6.07, 6.45) is 3.57. The first kappa shape index (κ1) is 17.5. The van der Waals surface area contributed by atoms with Crippen LogP contribution in [0.1, 0.15) is 11.4 Å². The molecule has 0 saturated carbocycles. The minimum atomic E-state index is -0.0986. The van der Waals surface area contributed by atoms with E-state index < -0.39 is 0 Å². The maximum atomic E-state index is 5.88. The number of amidine groups is 1. The predicted molar refractivity (Wildman–Crippen MR) is 94.1 cm³/mol. The number of hydrogen-bond acceptors (Lipinski definition) is 6. The average molecular weight is 431 g/mol. The van der Waals surface area contributed by atoms with E-state index in [2.05, 4.69) is 37.7 Å². The maximum absolute atomic E-state index is 5.88. The van der Waals surface area contributed by atoms with E-state index >= 15 is 0 Å². The van der Waals surface area contributed by atoms with Crippen LogP contribution < -0.4 is 10.5 Å². The van der Waals surface area contributed by atoms with E-state index in [1.807, 2.05) is 23.8 Å².